The number of halogens is 1. The zero-order valence-electron chi connectivity index (χ0n) is 12.2. The van der Waals surface area contributed by atoms with E-state index in [4.69, 9.17) is 21.1 Å². The number of amides is 1. The van der Waals surface area contributed by atoms with E-state index in [1.807, 2.05) is 0 Å². The van der Waals surface area contributed by atoms with Crippen LogP contribution < -0.4 is 0 Å². The van der Waals surface area contributed by atoms with Gasteiger partial charge in [0.2, 0.25) is 11.8 Å². The highest BCUT2D eigenvalue weighted by atomic mass is 35.5. The Kier molecular flexibility index (Phi) is 4.34. The van der Waals surface area contributed by atoms with Crippen molar-refractivity contribution >= 4 is 23.5 Å². The molecule has 1 amide bonds. The van der Waals surface area contributed by atoms with E-state index < -0.39 is 5.97 Å². The summed E-state index contributed by atoms with van der Waals surface area (Å²) in [7, 11) is 0. The van der Waals surface area contributed by atoms with Gasteiger partial charge in [-0.05, 0) is 37.1 Å². The van der Waals surface area contributed by atoms with Crippen LogP contribution in [-0.2, 0) is 16.0 Å². The Morgan fingerprint density at radius 3 is 2.61 bits per heavy atom. The summed E-state index contributed by atoms with van der Waals surface area (Å²) in [6, 6.07) is 7.06. The lowest BCUT2D eigenvalue weighted by Crippen LogP contribution is -2.38. The number of aromatic nitrogens is 1. The van der Waals surface area contributed by atoms with Crippen LogP contribution in [0.2, 0.25) is 5.02 Å². The molecule has 0 saturated heterocycles. The van der Waals surface area contributed by atoms with Gasteiger partial charge in [0.1, 0.15) is 12.8 Å². The maximum Gasteiger partial charge on any atom is 0.323 e. The molecule has 1 aromatic carbocycles. The summed E-state index contributed by atoms with van der Waals surface area (Å²) in [5.74, 6) is -0.848. The first kappa shape index (κ1) is 15.6. The quantitative estimate of drug-likeness (QED) is 0.877. The minimum atomic E-state index is -1.01. The van der Waals surface area contributed by atoms with Crippen molar-refractivity contribution in [2.75, 3.05) is 6.54 Å². The number of oxazole rings is 1. The zero-order valence-corrected chi connectivity index (χ0v) is 13.0. The van der Waals surface area contributed by atoms with Crippen LogP contribution in [0.25, 0.3) is 11.5 Å². The Morgan fingerprint density at radius 2 is 2.00 bits per heavy atom. The van der Waals surface area contributed by atoms with Crippen molar-refractivity contribution in [2.24, 2.45) is 0 Å². The summed E-state index contributed by atoms with van der Waals surface area (Å²) < 4.78 is 5.39. The standard InChI is InChI=1S/C16H15ClN2O4/c17-11-3-1-10(2-4-11)16-18-12(9-23-16)7-14(20)19(8-15(21)22)13-5-6-13/h1-4,9,13H,5-8H2,(H,21,22). The molecule has 1 saturated carbocycles. The molecule has 2 aromatic rings. The first-order valence-corrected chi connectivity index (χ1v) is 7.62. The van der Waals surface area contributed by atoms with Crippen LogP contribution in [0, 0.1) is 0 Å². The minimum Gasteiger partial charge on any atom is -0.480 e. The molecule has 1 aromatic heterocycles. The number of carbonyl (C=O) groups excluding carboxylic acids is 1. The lowest BCUT2D eigenvalue weighted by atomic mass is 10.2. The third kappa shape index (κ3) is 3.90. The Bertz CT molecular complexity index is 722. The number of carboxylic acid groups (broad SMARTS) is 1. The highest BCUT2D eigenvalue weighted by Gasteiger charge is 2.34. The van der Waals surface area contributed by atoms with E-state index in [9.17, 15) is 9.59 Å². The maximum atomic E-state index is 12.3. The number of hydrogen-bond acceptors (Lipinski definition) is 4. The monoisotopic (exact) mass is 334 g/mol. The molecule has 1 fully saturated rings. The van der Waals surface area contributed by atoms with Gasteiger partial charge in [0.25, 0.3) is 0 Å². The van der Waals surface area contributed by atoms with E-state index in [1.165, 1.54) is 11.2 Å². The third-order valence-electron chi connectivity index (χ3n) is 3.59. The minimum absolute atomic E-state index is 0.0286. The Balaban J connectivity index is 1.69. The molecule has 0 aliphatic heterocycles. The fourth-order valence-corrected chi connectivity index (χ4v) is 2.45. The summed E-state index contributed by atoms with van der Waals surface area (Å²) in [4.78, 5) is 28.8. The molecule has 1 aliphatic rings. The predicted octanol–water partition coefficient (Wildman–Crippen LogP) is 2.61. The number of aliphatic carboxylic acids is 1. The van der Waals surface area contributed by atoms with Gasteiger partial charge in [-0.1, -0.05) is 11.6 Å². The molecule has 7 heteroatoms. The van der Waals surface area contributed by atoms with E-state index in [1.54, 1.807) is 24.3 Å². The number of nitrogens with zero attached hydrogens (tertiary/aromatic N) is 2. The highest BCUT2D eigenvalue weighted by molar-refractivity contribution is 6.30. The lowest BCUT2D eigenvalue weighted by Gasteiger charge is -2.19. The molecule has 120 valence electrons. The summed E-state index contributed by atoms with van der Waals surface area (Å²) in [6.45, 7) is -0.272. The molecule has 0 unspecified atom stereocenters. The molecule has 1 aliphatic carbocycles. The van der Waals surface area contributed by atoms with Crippen molar-refractivity contribution in [3.05, 3.63) is 41.2 Å². The number of rotatable bonds is 6. The molecule has 6 nitrogen and oxygen atoms in total. The van der Waals surface area contributed by atoms with Gasteiger partial charge in [0.15, 0.2) is 0 Å². The summed E-state index contributed by atoms with van der Waals surface area (Å²) >= 11 is 5.84. The normalized spacial score (nSPS) is 13.8. The second-order valence-electron chi connectivity index (χ2n) is 5.47. The zero-order chi connectivity index (χ0) is 16.4. The largest absolute Gasteiger partial charge is 0.480 e. The Hall–Kier alpha value is -2.34. The second-order valence-corrected chi connectivity index (χ2v) is 5.91. The fourth-order valence-electron chi connectivity index (χ4n) is 2.32. The molecule has 3 rings (SSSR count). The van der Waals surface area contributed by atoms with Crippen molar-refractivity contribution in [3.8, 4) is 11.5 Å². The van der Waals surface area contributed by atoms with Crippen molar-refractivity contribution in [2.45, 2.75) is 25.3 Å². The van der Waals surface area contributed by atoms with E-state index in [0.717, 1.165) is 18.4 Å². The van der Waals surface area contributed by atoms with Crippen LogP contribution in [0.1, 0.15) is 18.5 Å². The summed E-state index contributed by atoms with van der Waals surface area (Å²) in [5, 5.41) is 9.53. The molecule has 1 N–H and O–H groups in total. The van der Waals surface area contributed by atoms with Crippen LogP contribution in [-0.4, -0.2) is 39.5 Å². The van der Waals surface area contributed by atoms with Crippen LogP contribution >= 0.6 is 11.6 Å². The summed E-state index contributed by atoms with van der Waals surface area (Å²) in [5.41, 5.74) is 1.24. The van der Waals surface area contributed by atoms with Gasteiger partial charge in [-0.2, -0.15) is 0 Å². The van der Waals surface area contributed by atoms with E-state index >= 15 is 0 Å². The van der Waals surface area contributed by atoms with Crippen molar-refractivity contribution in [1.29, 1.82) is 0 Å². The molecule has 0 spiro atoms. The SMILES string of the molecule is O=C(O)CN(C(=O)Cc1coc(-c2ccc(Cl)cc2)n1)C1CC1. The highest BCUT2D eigenvalue weighted by Crippen LogP contribution is 2.27. The number of benzene rings is 1. The van der Waals surface area contributed by atoms with Gasteiger partial charge in [-0.15, -0.1) is 0 Å². The average molecular weight is 335 g/mol. The number of hydrogen-bond donors (Lipinski definition) is 1. The van der Waals surface area contributed by atoms with Crippen LogP contribution in [0.5, 0.6) is 0 Å². The molecular formula is C16H15ClN2O4. The summed E-state index contributed by atoms with van der Waals surface area (Å²) in [6.07, 6.45) is 3.16. The van der Waals surface area contributed by atoms with E-state index in [2.05, 4.69) is 4.98 Å². The topological polar surface area (TPSA) is 83.6 Å². The van der Waals surface area contributed by atoms with Crippen LogP contribution in [0.15, 0.2) is 34.9 Å². The first-order chi connectivity index (χ1) is 11.0. The molecule has 1 heterocycles. The molecule has 23 heavy (non-hydrogen) atoms. The molecule has 0 radical (unpaired) electrons. The number of carboxylic acids is 1. The van der Waals surface area contributed by atoms with Gasteiger partial charge in [0, 0.05) is 16.6 Å². The van der Waals surface area contributed by atoms with Crippen molar-refractivity contribution in [3.63, 3.8) is 0 Å². The van der Waals surface area contributed by atoms with Gasteiger partial charge < -0.3 is 14.4 Å². The number of carbonyl (C=O) groups is 2. The van der Waals surface area contributed by atoms with E-state index in [-0.39, 0.29) is 24.9 Å². The maximum absolute atomic E-state index is 12.3. The molecular weight excluding hydrogens is 320 g/mol. The van der Waals surface area contributed by atoms with E-state index in [0.29, 0.717) is 16.6 Å². The lowest BCUT2D eigenvalue weighted by molar-refractivity contribution is -0.144. The second kappa shape index (κ2) is 6.42. The predicted molar refractivity (Wildman–Crippen MR) is 83.0 cm³/mol. The van der Waals surface area contributed by atoms with Gasteiger partial charge in [-0.25, -0.2) is 4.98 Å². The van der Waals surface area contributed by atoms with Gasteiger partial charge in [0.05, 0.1) is 12.1 Å². The Labute approximate surface area is 137 Å². The van der Waals surface area contributed by atoms with Crippen LogP contribution in [0.4, 0.5) is 0 Å². The average Bonchev–Trinajstić information content (AvgIpc) is 3.25. The first-order valence-electron chi connectivity index (χ1n) is 7.24. The molecule has 0 bridgehead atoms. The van der Waals surface area contributed by atoms with Crippen molar-refractivity contribution in [1.82, 2.24) is 9.88 Å². The smallest absolute Gasteiger partial charge is 0.323 e. The van der Waals surface area contributed by atoms with Gasteiger partial charge >= 0.3 is 5.97 Å². The fraction of sp³-hybridized carbons (Fsp3) is 0.312. The van der Waals surface area contributed by atoms with Gasteiger partial charge in [-0.3, -0.25) is 9.59 Å². The van der Waals surface area contributed by atoms with Crippen LogP contribution in [0.3, 0.4) is 0 Å². The Morgan fingerprint density at radius 1 is 1.30 bits per heavy atom. The molecule has 0 atom stereocenters. The van der Waals surface area contributed by atoms with Crippen molar-refractivity contribution < 1.29 is 19.1 Å². The third-order valence-corrected chi connectivity index (χ3v) is 3.84.